The number of benzene rings is 1. The summed E-state index contributed by atoms with van der Waals surface area (Å²) in [7, 11) is 0. The summed E-state index contributed by atoms with van der Waals surface area (Å²) in [5.41, 5.74) is 8.21. The molecule has 0 aliphatic rings. The van der Waals surface area contributed by atoms with Crippen LogP contribution in [0.1, 0.15) is 4.88 Å². The van der Waals surface area contributed by atoms with Gasteiger partial charge in [0.15, 0.2) is 0 Å². The fourth-order valence-corrected chi connectivity index (χ4v) is 2.00. The Morgan fingerprint density at radius 1 is 1.47 bits per heavy atom. The first-order valence-corrected chi connectivity index (χ1v) is 5.98. The minimum Gasteiger partial charge on any atom is -0.486 e. The summed E-state index contributed by atoms with van der Waals surface area (Å²) in [6.07, 6.45) is 1.79. The molecule has 0 amide bonds. The number of anilines is 1. The van der Waals surface area contributed by atoms with Gasteiger partial charge in [-0.15, -0.1) is 11.3 Å². The van der Waals surface area contributed by atoms with Crippen molar-refractivity contribution in [2.75, 3.05) is 5.73 Å². The van der Waals surface area contributed by atoms with Gasteiger partial charge in [0.2, 0.25) is 0 Å². The molecule has 2 N–H and O–H groups in total. The summed E-state index contributed by atoms with van der Waals surface area (Å²) in [5, 5.41) is 0. The fourth-order valence-electron chi connectivity index (χ4n) is 1.11. The highest BCUT2D eigenvalue weighted by Gasteiger charge is 2.02. The molecule has 1 aromatic carbocycles. The molecule has 0 atom stereocenters. The van der Waals surface area contributed by atoms with Crippen LogP contribution in [0, 0.1) is 0 Å². The van der Waals surface area contributed by atoms with Crippen LogP contribution in [0.5, 0.6) is 5.75 Å². The quantitative estimate of drug-likeness (QED) is 0.882. The zero-order valence-corrected chi connectivity index (χ0v) is 10.2. The van der Waals surface area contributed by atoms with E-state index in [2.05, 4.69) is 20.9 Å². The number of nitrogen functional groups attached to an aromatic ring is 1. The predicted octanol–water partition coefficient (Wildman–Crippen LogP) is 3.07. The lowest BCUT2D eigenvalue weighted by atomic mass is 10.3. The SMILES string of the molecule is Nc1cc(Br)ccc1OCc1cncs1. The van der Waals surface area contributed by atoms with Gasteiger partial charge >= 0.3 is 0 Å². The van der Waals surface area contributed by atoms with Crippen LogP contribution in [0.2, 0.25) is 0 Å². The number of aromatic nitrogens is 1. The molecule has 0 spiro atoms. The fraction of sp³-hybridized carbons (Fsp3) is 0.100. The van der Waals surface area contributed by atoms with E-state index in [0.717, 1.165) is 9.35 Å². The maximum Gasteiger partial charge on any atom is 0.142 e. The van der Waals surface area contributed by atoms with Crippen molar-refractivity contribution in [3.05, 3.63) is 39.3 Å². The molecule has 1 heterocycles. The summed E-state index contributed by atoms with van der Waals surface area (Å²) in [6, 6.07) is 5.57. The van der Waals surface area contributed by atoms with Crippen molar-refractivity contribution in [3.8, 4) is 5.75 Å². The molecule has 0 aliphatic carbocycles. The number of rotatable bonds is 3. The number of nitrogens with zero attached hydrogens (tertiary/aromatic N) is 1. The van der Waals surface area contributed by atoms with E-state index in [1.165, 1.54) is 0 Å². The first-order valence-electron chi connectivity index (χ1n) is 4.31. The molecule has 2 rings (SSSR count). The predicted molar refractivity (Wildman–Crippen MR) is 65.0 cm³/mol. The molecule has 0 saturated carbocycles. The van der Waals surface area contributed by atoms with Crippen LogP contribution in [-0.2, 0) is 6.61 Å². The van der Waals surface area contributed by atoms with E-state index < -0.39 is 0 Å². The Morgan fingerprint density at radius 2 is 2.33 bits per heavy atom. The third-order valence-electron chi connectivity index (χ3n) is 1.83. The second-order valence-electron chi connectivity index (χ2n) is 2.94. The van der Waals surface area contributed by atoms with Crippen molar-refractivity contribution in [3.63, 3.8) is 0 Å². The average molecular weight is 285 g/mol. The third kappa shape index (κ3) is 2.70. The van der Waals surface area contributed by atoms with Gasteiger partial charge in [0.25, 0.3) is 0 Å². The summed E-state index contributed by atoms with van der Waals surface area (Å²) >= 11 is 4.91. The lowest BCUT2D eigenvalue weighted by Gasteiger charge is -2.07. The first kappa shape index (κ1) is 10.4. The van der Waals surface area contributed by atoms with Crippen molar-refractivity contribution in [2.24, 2.45) is 0 Å². The highest BCUT2D eigenvalue weighted by atomic mass is 79.9. The van der Waals surface area contributed by atoms with Gasteiger partial charge in [-0.05, 0) is 18.2 Å². The molecule has 0 saturated heterocycles. The van der Waals surface area contributed by atoms with Crippen LogP contribution in [0.15, 0.2) is 34.4 Å². The van der Waals surface area contributed by atoms with E-state index in [-0.39, 0.29) is 0 Å². The molecule has 0 radical (unpaired) electrons. The molecule has 0 aliphatic heterocycles. The summed E-state index contributed by atoms with van der Waals surface area (Å²) in [4.78, 5) is 5.05. The Bertz CT molecular complexity index is 445. The lowest BCUT2D eigenvalue weighted by molar-refractivity contribution is 0.311. The van der Waals surface area contributed by atoms with Crippen molar-refractivity contribution in [1.29, 1.82) is 0 Å². The minimum atomic E-state index is 0.510. The Labute approximate surface area is 100 Å². The number of hydrogen-bond donors (Lipinski definition) is 1. The molecule has 15 heavy (non-hydrogen) atoms. The standard InChI is InChI=1S/C10H9BrN2OS/c11-7-1-2-10(9(12)3-7)14-5-8-4-13-6-15-8/h1-4,6H,5,12H2. The van der Waals surface area contributed by atoms with Gasteiger partial charge in [-0.1, -0.05) is 15.9 Å². The second kappa shape index (κ2) is 4.63. The lowest BCUT2D eigenvalue weighted by Crippen LogP contribution is -1.97. The number of ether oxygens (including phenoxy) is 1. The molecule has 0 unspecified atom stereocenters. The Hall–Kier alpha value is -1.07. The topological polar surface area (TPSA) is 48.1 Å². The molecule has 0 fully saturated rings. The largest absolute Gasteiger partial charge is 0.486 e. The van der Waals surface area contributed by atoms with Gasteiger partial charge in [0.1, 0.15) is 12.4 Å². The van der Waals surface area contributed by atoms with Crippen LogP contribution in [0.4, 0.5) is 5.69 Å². The molecule has 0 bridgehead atoms. The maximum atomic E-state index is 5.79. The van der Waals surface area contributed by atoms with Crippen LogP contribution < -0.4 is 10.5 Å². The average Bonchev–Trinajstić information content (AvgIpc) is 2.69. The summed E-state index contributed by atoms with van der Waals surface area (Å²) < 4.78 is 6.51. The van der Waals surface area contributed by atoms with E-state index in [0.29, 0.717) is 18.0 Å². The van der Waals surface area contributed by atoms with Crippen molar-refractivity contribution in [2.45, 2.75) is 6.61 Å². The Morgan fingerprint density at radius 3 is 3.00 bits per heavy atom. The first-order chi connectivity index (χ1) is 7.25. The zero-order valence-electron chi connectivity index (χ0n) is 7.81. The van der Waals surface area contributed by atoms with Gasteiger partial charge in [-0.2, -0.15) is 0 Å². The third-order valence-corrected chi connectivity index (χ3v) is 3.07. The maximum absolute atomic E-state index is 5.79. The number of halogens is 1. The molecule has 5 heteroatoms. The smallest absolute Gasteiger partial charge is 0.142 e. The molecule has 3 nitrogen and oxygen atoms in total. The summed E-state index contributed by atoms with van der Waals surface area (Å²) in [6.45, 7) is 0.510. The minimum absolute atomic E-state index is 0.510. The van der Waals surface area contributed by atoms with Crippen molar-refractivity contribution < 1.29 is 4.74 Å². The Kier molecular flexibility index (Phi) is 3.23. The number of nitrogens with two attached hydrogens (primary N) is 1. The zero-order chi connectivity index (χ0) is 10.7. The normalized spacial score (nSPS) is 10.2. The Balaban J connectivity index is 2.05. The van der Waals surface area contributed by atoms with Crippen LogP contribution in [-0.4, -0.2) is 4.98 Å². The van der Waals surface area contributed by atoms with E-state index in [1.807, 2.05) is 18.2 Å². The van der Waals surface area contributed by atoms with Crippen molar-refractivity contribution >= 4 is 33.0 Å². The highest BCUT2D eigenvalue weighted by Crippen LogP contribution is 2.26. The molecular weight excluding hydrogens is 276 g/mol. The number of thiazole rings is 1. The monoisotopic (exact) mass is 284 g/mol. The van der Waals surface area contributed by atoms with Crippen LogP contribution in [0.25, 0.3) is 0 Å². The molecule has 78 valence electrons. The van der Waals surface area contributed by atoms with Crippen LogP contribution in [0.3, 0.4) is 0 Å². The molecule has 1 aromatic heterocycles. The molecule has 2 aromatic rings. The van der Waals surface area contributed by atoms with Gasteiger partial charge in [-0.3, -0.25) is 4.98 Å². The van der Waals surface area contributed by atoms with E-state index >= 15 is 0 Å². The second-order valence-corrected chi connectivity index (χ2v) is 4.83. The molecular formula is C10H9BrN2OS. The number of hydrogen-bond acceptors (Lipinski definition) is 4. The summed E-state index contributed by atoms with van der Waals surface area (Å²) in [5.74, 6) is 0.701. The van der Waals surface area contributed by atoms with E-state index in [4.69, 9.17) is 10.5 Å². The highest BCUT2D eigenvalue weighted by molar-refractivity contribution is 9.10. The van der Waals surface area contributed by atoms with Gasteiger partial charge in [-0.25, -0.2) is 0 Å². The van der Waals surface area contributed by atoms with E-state index in [9.17, 15) is 0 Å². The van der Waals surface area contributed by atoms with Gasteiger partial charge < -0.3 is 10.5 Å². The van der Waals surface area contributed by atoms with Gasteiger partial charge in [0.05, 0.1) is 16.1 Å². The van der Waals surface area contributed by atoms with Crippen molar-refractivity contribution in [1.82, 2.24) is 4.98 Å². The van der Waals surface area contributed by atoms with E-state index in [1.54, 1.807) is 23.0 Å². The van der Waals surface area contributed by atoms with Gasteiger partial charge in [0, 0.05) is 10.7 Å². The van der Waals surface area contributed by atoms with Crippen LogP contribution >= 0.6 is 27.3 Å².